The third-order valence-corrected chi connectivity index (χ3v) is 4.03. The highest BCUT2D eigenvalue weighted by molar-refractivity contribution is 5.90. The molecule has 4 rings (SSSR count). The zero-order valence-electron chi connectivity index (χ0n) is 14.6. The minimum absolute atomic E-state index is 0. The van der Waals surface area contributed by atoms with Crippen molar-refractivity contribution >= 4 is 40.8 Å². The van der Waals surface area contributed by atoms with E-state index in [2.05, 4.69) is 20.6 Å². The molecule has 1 aliphatic heterocycles. The molecule has 7 nitrogen and oxygen atoms in total. The molecule has 3 N–H and O–H groups in total. The lowest BCUT2D eigenvalue weighted by Crippen LogP contribution is -2.15. The highest BCUT2D eigenvalue weighted by Gasteiger charge is 2.13. The van der Waals surface area contributed by atoms with Gasteiger partial charge in [-0.2, -0.15) is 4.98 Å². The summed E-state index contributed by atoms with van der Waals surface area (Å²) in [5, 5.41) is 16.4. The van der Waals surface area contributed by atoms with Gasteiger partial charge in [0.2, 0.25) is 5.95 Å². The first kappa shape index (κ1) is 19.0. The Morgan fingerprint density at radius 3 is 2.67 bits per heavy atom. The van der Waals surface area contributed by atoms with Gasteiger partial charge < -0.3 is 25.2 Å². The molecule has 0 radical (unpaired) electrons. The molecule has 2 heterocycles. The molecule has 0 spiro atoms. The first-order valence-electron chi connectivity index (χ1n) is 8.62. The van der Waals surface area contributed by atoms with Gasteiger partial charge >= 0.3 is 0 Å². The predicted octanol–water partition coefficient (Wildman–Crippen LogP) is 3.36. The van der Waals surface area contributed by atoms with Crippen molar-refractivity contribution in [3.8, 4) is 11.5 Å². The Bertz CT molecular complexity index is 923. The van der Waals surface area contributed by atoms with Gasteiger partial charge in [-0.1, -0.05) is 12.1 Å². The normalized spacial score (nSPS) is 12.3. The number of aliphatic hydroxyl groups excluding tert-OH is 1. The van der Waals surface area contributed by atoms with Gasteiger partial charge in [-0.3, -0.25) is 0 Å². The van der Waals surface area contributed by atoms with Gasteiger partial charge in [-0.15, -0.1) is 12.4 Å². The molecule has 0 saturated carbocycles. The van der Waals surface area contributed by atoms with Gasteiger partial charge in [0.15, 0.2) is 11.5 Å². The van der Waals surface area contributed by atoms with Crippen LogP contribution in [-0.2, 0) is 0 Å². The molecule has 0 fully saturated rings. The van der Waals surface area contributed by atoms with Crippen molar-refractivity contribution in [3.63, 3.8) is 0 Å². The van der Waals surface area contributed by atoms with Crippen LogP contribution in [0.1, 0.15) is 6.42 Å². The molecule has 3 aromatic rings. The Morgan fingerprint density at radius 2 is 1.81 bits per heavy atom. The van der Waals surface area contributed by atoms with Crippen molar-refractivity contribution in [3.05, 3.63) is 42.5 Å². The van der Waals surface area contributed by atoms with Crippen LogP contribution in [0.3, 0.4) is 0 Å². The molecule has 0 bridgehead atoms. The second kappa shape index (κ2) is 8.75. The van der Waals surface area contributed by atoms with Crippen LogP contribution >= 0.6 is 12.4 Å². The number of fused-ring (bicyclic) bond motifs is 2. The molecule has 27 heavy (non-hydrogen) atoms. The van der Waals surface area contributed by atoms with Crippen molar-refractivity contribution in [2.24, 2.45) is 0 Å². The summed E-state index contributed by atoms with van der Waals surface area (Å²) in [6.45, 7) is 1.89. The van der Waals surface area contributed by atoms with Gasteiger partial charge in [0, 0.05) is 30.3 Å². The quantitative estimate of drug-likeness (QED) is 0.558. The van der Waals surface area contributed by atoms with Crippen molar-refractivity contribution in [1.82, 2.24) is 9.97 Å². The average molecular weight is 389 g/mol. The topological polar surface area (TPSA) is 88.5 Å². The largest absolute Gasteiger partial charge is 0.486 e. The summed E-state index contributed by atoms with van der Waals surface area (Å²) in [5.41, 5.74) is 1.67. The van der Waals surface area contributed by atoms with Crippen LogP contribution in [0.2, 0.25) is 0 Å². The summed E-state index contributed by atoms with van der Waals surface area (Å²) in [4.78, 5) is 9.18. The molecule has 0 amide bonds. The standard InChI is InChI=1S/C19H20N4O3.ClH/c24-9-3-8-20-18-14-4-1-2-5-15(14)22-19(23-18)21-13-6-7-16-17(12-13)26-11-10-25-16;/h1-2,4-7,12,24H,3,8-11H2,(H2,20,21,22,23);1H. The maximum atomic E-state index is 9.00. The third-order valence-electron chi connectivity index (χ3n) is 4.03. The number of ether oxygens (including phenoxy) is 2. The molecule has 0 saturated heterocycles. The number of para-hydroxylation sites is 1. The van der Waals surface area contributed by atoms with E-state index in [-0.39, 0.29) is 19.0 Å². The zero-order chi connectivity index (χ0) is 17.8. The fourth-order valence-corrected chi connectivity index (χ4v) is 2.80. The Balaban J connectivity index is 0.00000210. The van der Waals surface area contributed by atoms with Crippen LogP contribution < -0.4 is 20.1 Å². The fourth-order valence-electron chi connectivity index (χ4n) is 2.80. The van der Waals surface area contributed by atoms with E-state index in [1.807, 2.05) is 42.5 Å². The second-order valence-corrected chi connectivity index (χ2v) is 5.90. The van der Waals surface area contributed by atoms with Crippen LogP contribution in [0.25, 0.3) is 10.9 Å². The Labute approximate surface area is 163 Å². The van der Waals surface area contributed by atoms with Crippen molar-refractivity contribution in [1.29, 1.82) is 0 Å². The van der Waals surface area contributed by atoms with E-state index in [9.17, 15) is 0 Å². The molecule has 1 aromatic heterocycles. The summed E-state index contributed by atoms with van der Waals surface area (Å²) in [6.07, 6.45) is 0.656. The van der Waals surface area contributed by atoms with Gasteiger partial charge in [0.1, 0.15) is 19.0 Å². The van der Waals surface area contributed by atoms with E-state index in [1.165, 1.54) is 0 Å². The van der Waals surface area contributed by atoms with Crippen LogP contribution in [0.4, 0.5) is 17.5 Å². The van der Waals surface area contributed by atoms with E-state index in [0.717, 1.165) is 28.2 Å². The number of halogens is 1. The molecule has 142 valence electrons. The number of aliphatic hydroxyl groups is 1. The summed E-state index contributed by atoms with van der Waals surface area (Å²) in [7, 11) is 0. The number of hydrogen-bond donors (Lipinski definition) is 3. The molecular formula is C19H21ClN4O3. The lowest BCUT2D eigenvalue weighted by molar-refractivity contribution is 0.171. The van der Waals surface area contributed by atoms with Crippen LogP contribution in [0, 0.1) is 0 Å². The first-order chi connectivity index (χ1) is 12.8. The smallest absolute Gasteiger partial charge is 0.229 e. The summed E-state index contributed by atoms with van der Waals surface area (Å²) < 4.78 is 11.2. The van der Waals surface area contributed by atoms with Gasteiger partial charge in [-0.25, -0.2) is 4.98 Å². The van der Waals surface area contributed by atoms with Crippen LogP contribution in [-0.4, -0.2) is 41.4 Å². The second-order valence-electron chi connectivity index (χ2n) is 5.90. The molecule has 8 heteroatoms. The van der Waals surface area contributed by atoms with Crippen molar-refractivity contribution < 1.29 is 14.6 Å². The number of aromatic nitrogens is 2. The molecule has 0 atom stereocenters. The van der Waals surface area contributed by atoms with Gasteiger partial charge in [0.05, 0.1) is 5.52 Å². The van der Waals surface area contributed by atoms with Crippen molar-refractivity contribution in [2.75, 3.05) is 37.0 Å². The van der Waals surface area contributed by atoms with E-state index in [1.54, 1.807) is 0 Å². The lowest BCUT2D eigenvalue weighted by Gasteiger charge is -2.19. The first-order valence-corrected chi connectivity index (χ1v) is 8.62. The highest BCUT2D eigenvalue weighted by atomic mass is 35.5. The number of benzene rings is 2. The Kier molecular flexibility index (Phi) is 6.16. The molecule has 0 unspecified atom stereocenters. The van der Waals surface area contributed by atoms with Crippen LogP contribution in [0.15, 0.2) is 42.5 Å². The highest BCUT2D eigenvalue weighted by Crippen LogP contribution is 2.33. The molecule has 1 aliphatic rings. The van der Waals surface area contributed by atoms with Crippen LogP contribution in [0.5, 0.6) is 11.5 Å². The minimum atomic E-state index is 0. The maximum Gasteiger partial charge on any atom is 0.229 e. The van der Waals surface area contributed by atoms with Crippen molar-refractivity contribution in [2.45, 2.75) is 6.42 Å². The molecular weight excluding hydrogens is 368 g/mol. The van der Waals surface area contributed by atoms with E-state index in [0.29, 0.717) is 37.9 Å². The number of nitrogens with zero attached hydrogens (tertiary/aromatic N) is 2. The number of nitrogens with one attached hydrogen (secondary N) is 2. The summed E-state index contributed by atoms with van der Waals surface area (Å²) in [5.74, 6) is 2.69. The average Bonchev–Trinajstić information content (AvgIpc) is 2.68. The fraction of sp³-hybridized carbons (Fsp3) is 0.263. The Morgan fingerprint density at radius 1 is 1.00 bits per heavy atom. The molecule has 0 aliphatic carbocycles. The van der Waals surface area contributed by atoms with E-state index < -0.39 is 0 Å². The van der Waals surface area contributed by atoms with Gasteiger partial charge in [-0.05, 0) is 30.7 Å². The zero-order valence-corrected chi connectivity index (χ0v) is 15.5. The number of anilines is 3. The van der Waals surface area contributed by atoms with E-state index in [4.69, 9.17) is 14.6 Å². The monoisotopic (exact) mass is 388 g/mol. The number of rotatable bonds is 6. The number of hydrogen-bond acceptors (Lipinski definition) is 7. The molecule has 2 aromatic carbocycles. The third kappa shape index (κ3) is 4.32. The summed E-state index contributed by atoms with van der Waals surface area (Å²) >= 11 is 0. The predicted molar refractivity (Wildman–Crippen MR) is 108 cm³/mol. The minimum Gasteiger partial charge on any atom is -0.486 e. The summed E-state index contributed by atoms with van der Waals surface area (Å²) in [6, 6.07) is 13.5. The maximum absolute atomic E-state index is 9.00. The SMILES string of the molecule is Cl.OCCCNc1nc(Nc2ccc3c(c2)OCCO3)nc2ccccc12. The lowest BCUT2D eigenvalue weighted by atomic mass is 10.2. The van der Waals surface area contributed by atoms with Gasteiger partial charge in [0.25, 0.3) is 0 Å². The Hall–Kier alpha value is -2.77. The van der Waals surface area contributed by atoms with E-state index >= 15 is 0 Å².